The van der Waals surface area contributed by atoms with E-state index in [9.17, 15) is 14.4 Å². The fourth-order valence-corrected chi connectivity index (χ4v) is 4.03. The van der Waals surface area contributed by atoms with Crippen LogP contribution >= 0.6 is 0 Å². The normalized spacial score (nSPS) is 18.7. The van der Waals surface area contributed by atoms with Gasteiger partial charge in [-0.2, -0.15) is 0 Å². The summed E-state index contributed by atoms with van der Waals surface area (Å²) >= 11 is 0. The number of hydrogen-bond acceptors (Lipinski definition) is 6. The molecule has 188 valence electrons. The van der Waals surface area contributed by atoms with Gasteiger partial charge < -0.3 is 19.7 Å². The van der Waals surface area contributed by atoms with E-state index in [2.05, 4.69) is 17.1 Å². The van der Waals surface area contributed by atoms with Gasteiger partial charge in [0.1, 0.15) is 17.4 Å². The number of nitrogens with one attached hydrogen (secondary N) is 1. The first-order valence-corrected chi connectivity index (χ1v) is 12.3. The van der Waals surface area contributed by atoms with Crippen LogP contribution < -0.4 is 10.1 Å². The van der Waals surface area contributed by atoms with Crippen LogP contribution in [0, 0.1) is 5.92 Å². The van der Waals surface area contributed by atoms with Gasteiger partial charge in [0.15, 0.2) is 5.78 Å². The second-order valence-corrected chi connectivity index (χ2v) is 10.4. The van der Waals surface area contributed by atoms with Crippen molar-refractivity contribution < 1.29 is 23.9 Å². The van der Waals surface area contributed by atoms with Gasteiger partial charge in [0, 0.05) is 43.7 Å². The van der Waals surface area contributed by atoms with Crippen molar-refractivity contribution in [1.29, 1.82) is 0 Å². The van der Waals surface area contributed by atoms with Crippen molar-refractivity contribution >= 4 is 17.8 Å². The lowest BCUT2D eigenvalue weighted by Gasteiger charge is -2.39. The second-order valence-electron chi connectivity index (χ2n) is 10.4. The van der Waals surface area contributed by atoms with Crippen LogP contribution in [0.2, 0.25) is 0 Å². The maximum absolute atomic E-state index is 12.7. The molecule has 1 aromatic carbocycles. The summed E-state index contributed by atoms with van der Waals surface area (Å²) in [6.45, 7) is 12.6. The van der Waals surface area contributed by atoms with Crippen LogP contribution in [0.4, 0.5) is 4.79 Å². The van der Waals surface area contributed by atoms with Crippen molar-refractivity contribution in [2.45, 2.75) is 71.6 Å². The van der Waals surface area contributed by atoms with Crippen LogP contribution in [0.5, 0.6) is 5.75 Å². The van der Waals surface area contributed by atoms with Crippen LogP contribution in [0.3, 0.4) is 0 Å². The molecule has 1 aromatic rings. The Bertz CT molecular complexity index is 852. The fourth-order valence-electron chi connectivity index (χ4n) is 4.03. The fraction of sp³-hybridized carbons (Fsp3) is 0.654. The smallest absolute Gasteiger partial charge is 0.408 e. The van der Waals surface area contributed by atoms with Gasteiger partial charge in [-0.3, -0.25) is 14.5 Å². The van der Waals surface area contributed by atoms with Crippen molar-refractivity contribution in [2.75, 3.05) is 32.8 Å². The predicted molar refractivity (Wildman–Crippen MR) is 130 cm³/mol. The quantitative estimate of drug-likeness (QED) is 0.553. The van der Waals surface area contributed by atoms with Crippen LogP contribution in [-0.4, -0.2) is 78.1 Å². The Morgan fingerprint density at radius 3 is 2.21 bits per heavy atom. The molecule has 2 aliphatic rings. The Labute approximate surface area is 202 Å². The first-order chi connectivity index (χ1) is 16.0. The minimum Gasteiger partial charge on any atom is -0.494 e. The number of carbonyl (C=O) groups is 3. The second kappa shape index (κ2) is 11.2. The third-order valence-electron chi connectivity index (χ3n) is 6.24. The van der Waals surface area contributed by atoms with E-state index in [1.807, 2.05) is 24.3 Å². The highest BCUT2D eigenvalue weighted by molar-refractivity contribution is 5.99. The summed E-state index contributed by atoms with van der Waals surface area (Å²) in [5.74, 6) is 1.16. The van der Waals surface area contributed by atoms with E-state index in [0.717, 1.165) is 43.7 Å². The molecule has 0 bridgehead atoms. The van der Waals surface area contributed by atoms with E-state index in [0.29, 0.717) is 25.7 Å². The van der Waals surface area contributed by atoms with Crippen LogP contribution in [-0.2, 0) is 9.53 Å². The number of ketones is 1. The zero-order valence-electron chi connectivity index (χ0n) is 21.1. The van der Waals surface area contributed by atoms with Crippen molar-refractivity contribution in [3.63, 3.8) is 0 Å². The van der Waals surface area contributed by atoms with Crippen LogP contribution in [0.1, 0.15) is 64.2 Å². The summed E-state index contributed by atoms with van der Waals surface area (Å²) < 4.78 is 11.1. The van der Waals surface area contributed by atoms with Gasteiger partial charge in [-0.25, -0.2) is 4.79 Å². The highest BCUT2D eigenvalue weighted by atomic mass is 16.6. The number of nitrogens with zero attached hydrogens (tertiary/aromatic N) is 2. The Morgan fingerprint density at radius 1 is 1.03 bits per heavy atom. The Balaban J connectivity index is 1.35. The van der Waals surface area contributed by atoms with Gasteiger partial charge in [0.25, 0.3) is 0 Å². The Hall–Kier alpha value is -2.61. The molecule has 2 atom stereocenters. The van der Waals surface area contributed by atoms with E-state index >= 15 is 0 Å². The number of benzene rings is 1. The molecule has 34 heavy (non-hydrogen) atoms. The number of amides is 2. The molecule has 1 aliphatic carbocycles. The molecular weight excluding hydrogens is 434 g/mol. The summed E-state index contributed by atoms with van der Waals surface area (Å²) in [6, 6.07) is 7.15. The SMILES string of the molecule is C[C@H](CCOc1ccc(C(=O)C2CC2)cc1)N1CCN(C(=O)[C@@H](C)NC(=O)OC(C)(C)C)CC1. The Kier molecular flexibility index (Phi) is 8.57. The average Bonchev–Trinajstić information content (AvgIpc) is 3.63. The number of Topliss-reactive ketones (excluding diaryl/α,β-unsaturated/α-hetero) is 1. The molecule has 2 amide bonds. The van der Waals surface area contributed by atoms with E-state index in [-0.39, 0.29) is 17.6 Å². The molecule has 0 spiro atoms. The largest absolute Gasteiger partial charge is 0.494 e. The standard InChI is InChI=1S/C26H39N3O5/c1-18(12-17-33-22-10-8-21(9-11-22)23(30)20-6-7-20)28-13-15-29(16-14-28)24(31)19(2)27-25(32)34-26(3,4)5/h8-11,18-20H,6-7,12-17H2,1-5H3,(H,27,32)/t18-,19-/m1/s1. The summed E-state index contributed by atoms with van der Waals surface area (Å²) in [7, 11) is 0. The summed E-state index contributed by atoms with van der Waals surface area (Å²) in [5, 5.41) is 2.63. The topological polar surface area (TPSA) is 88.2 Å². The molecule has 3 rings (SSSR count). The van der Waals surface area contributed by atoms with Gasteiger partial charge in [0.2, 0.25) is 5.91 Å². The number of rotatable bonds is 9. The molecule has 1 heterocycles. The molecule has 2 fully saturated rings. The zero-order valence-corrected chi connectivity index (χ0v) is 21.1. The summed E-state index contributed by atoms with van der Waals surface area (Å²) in [6.07, 6.45) is 2.32. The lowest BCUT2D eigenvalue weighted by atomic mass is 10.1. The highest BCUT2D eigenvalue weighted by Crippen LogP contribution is 2.32. The predicted octanol–water partition coefficient (Wildman–Crippen LogP) is 3.49. The lowest BCUT2D eigenvalue weighted by Crippen LogP contribution is -2.55. The molecular formula is C26H39N3O5. The minimum atomic E-state index is -0.627. The monoisotopic (exact) mass is 473 g/mol. The van der Waals surface area contributed by atoms with Crippen LogP contribution in [0.25, 0.3) is 0 Å². The third-order valence-corrected chi connectivity index (χ3v) is 6.24. The van der Waals surface area contributed by atoms with Crippen molar-refractivity contribution in [2.24, 2.45) is 5.92 Å². The molecule has 0 unspecified atom stereocenters. The molecule has 8 nitrogen and oxygen atoms in total. The minimum absolute atomic E-state index is 0.0925. The Morgan fingerprint density at radius 2 is 1.65 bits per heavy atom. The van der Waals surface area contributed by atoms with Crippen molar-refractivity contribution in [1.82, 2.24) is 15.1 Å². The molecule has 1 saturated heterocycles. The average molecular weight is 474 g/mol. The van der Waals surface area contributed by atoms with Gasteiger partial charge in [0.05, 0.1) is 6.61 Å². The van der Waals surface area contributed by atoms with E-state index in [1.54, 1.807) is 32.6 Å². The van der Waals surface area contributed by atoms with Gasteiger partial charge in [-0.15, -0.1) is 0 Å². The molecule has 0 radical (unpaired) electrons. The summed E-state index contributed by atoms with van der Waals surface area (Å²) in [4.78, 5) is 40.9. The maximum Gasteiger partial charge on any atom is 0.408 e. The lowest BCUT2D eigenvalue weighted by molar-refractivity contribution is -0.135. The number of ether oxygens (including phenoxy) is 2. The van der Waals surface area contributed by atoms with Gasteiger partial charge in [-0.05, 0) is 78.1 Å². The van der Waals surface area contributed by atoms with Gasteiger partial charge >= 0.3 is 6.09 Å². The third kappa shape index (κ3) is 7.72. The first-order valence-electron chi connectivity index (χ1n) is 12.3. The maximum atomic E-state index is 12.7. The molecule has 8 heteroatoms. The highest BCUT2D eigenvalue weighted by Gasteiger charge is 2.30. The number of piperazine rings is 1. The number of carbonyl (C=O) groups excluding carboxylic acids is 3. The van der Waals surface area contributed by atoms with Gasteiger partial charge in [-0.1, -0.05) is 0 Å². The van der Waals surface area contributed by atoms with E-state index in [4.69, 9.17) is 9.47 Å². The molecule has 1 N–H and O–H groups in total. The van der Waals surface area contributed by atoms with E-state index in [1.165, 1.54) is 0 Å². The van der Waals surface area contributed by atoms with Crippen molar-refractivity contribution in [3.8, 4) is 5.75 Å². The number of alkyl carbamates (subject to hydrolysis) is 1. The molecule has 1 aliphatic heterocycles. The van der Waals surface area contributed by atoms with E-state index < -0.39 is 17.7 Å². The number of hydrogen-bond donors (Lipinski definition) is 1. The molecule has 1 saturated carbocycles. The van der Waals surface area contributed by atoms with Crippen molar-refractivity contribution in [3.05, 3.63) is 29.8 Å². The zero-order chi connectivity index (χ0) is 24.9. The first kappa shape index (κ1) is 26.0. The van der Waals surface area contributed by atoms with Crippen LogP contribution in [0.15, 0.2) is 24.3 Å². The summed E-state index contributed by atoms with van der Waals surface area (Å²) in [5.41, 5.74) is 0.169. The molecule has 0 aromatic heterocycles.